The van der Waals surface area contributed by atoms with Crippen molar-refractivity contribution in [2.24, 2.45) is 0 Å². The Morgan fingerprint density at radius 2 is 2.00 bits per heavy atom. The van der Waals surface area contributed by atoms with Gasteiger partial charge in [0.15, 0.2) is 5.79 Å². The van der Waals surface area contributed by atoms with Gasteiger partial charge < -0.3 is 24.6 Å². The van der Waals surface area contributed by atoms with E-state index < -0.39 is 0 Å². The van der Waals surface area contributed by atoms with E-state index in [1.54, 1.807) is 0 Å². The Labute approximate surface area is 108 Å². The average molecular weight is 257 g/mol. The highest BCUT2D eigenvalue weighted by atomic mass is 16.8. The molecule has 3 fully saturated rings. The molecular weight excluding hydrogens is 234 g/mol. The number of hydrogen-bond donors (Lipinski definition) is 2. The molecule has 4 unspecified atom stereocenters. The first-order valence-corrected chi connectivity index (χ1v) is 7.03. The van der Waals surface area contributed by atoms with E-state index in [1.807, 2.05) is 7.05 Å². The van der Waals surface area contributed by atoms with Gasteiger partial charge in [0.1, 0.15) is 12.2 Å². The molecule has 18 heavy (non-hydrogen) atoms. The van der Waals surface area contributed by atoms with Crippen LogP contribution in [0.4, 0.5) is 0 Å². The summed E-state index contributed by atoms with van der Waals surface area (Å²) in [6.45, 7) is 0.435. The fraction of sp³-hybridized carbons (Fsp3) is 1.00. The molecule has 5 nitrogen and oxygen atoms in total. The molecule has 0 radical (unpaired) electrons. The molecule has 0 bridgehead atoms. The van der Waals surface area contributed by atoms with Crippen LogP contribution in [0.5, 0.6) is 0 Å². The summed E-state index contributed by atoms with van der Waals surface area (Å²) >= 11 is 0. The van der Waals surface area contributed by atoms with E-state index in [9.17, 15) is 0 Å². The summed E-state index contributed by atoms with van der Waals surface area (Å²) in [5.74, 6) is -0.342. The Hall–Kier alpha value is -0.200. The number of hydrogen-bond acceptors (Lipinski definition) is 5. The molecule has 1 aliphatic heterocycles. The Balaban J connectivity index is 1.70. The second-order valence-electron chi connectivity index (χ2n) is 5.55. The maximum Gasteiger partial charge on any atom is 0.169 e. The quantitative estimate of drug-likeness (QED) is 0.764. The van der Waals surface area contributed by atoms with Gasteiger partial charge >= 0.3 is 0 Å². The van der Waals surface area contributed by atoms with E-state index in [0.29, 0.717) is 12.6 Å². The fourth-order valence-electron chi connectivity index (χ4n) is 3.57. The molecule has 1 spiro atoms. The van der Waals surface area contributed by atoms with Crippen LogP contribution in [0.25, 0.3) is 0 Å². The molecule has 104 valence electrons. The van der Waals surface area contributed by atoms with Gasteiger partial charge in [-0.15, -0.1) is 0 Å². The molecule has 2 N–H and O–H groups in total. The van der Waals surface area contributed by atoms with E-state index in [4.69, 9.17) is 19.3 Å². The summed E-state index contributed by atoms with van der Waals surface area (Å²) in [5, 5.41) is 12.2. The predicted molar refractivity (Wildman–Crippen MR) is 65.2 cm³/mol. The van der Waals surface area contributed by atoms with Crippen LogP contribution in [-0.2, 0) is 14.2 Å². The smallest absolute Gasteiger partial charge is 0.169 e. The van der Waals surface area contributed by atoms with Crippen LogP contribution in [0, 0.1) is 0 Å². The lowest BCUT2D eigenvalue weighted by molar-refractivity contribution is -0.188. The number of rotatable bonds is 4. The maximum absolute atomic E-state index is 8.88. The molecule has 4 atom stereocenters. The van der Waals surface area contributed by atoms with Crippen molar-refractivity contribution in [3.8, 4) is 0 Å². The third-order valence-corrected chi connectivity index (χ3v) is 4.43. The minimum Gasteiger partial charge on any atom is -0.394 e. The van der Waals surface area contributed by atoms with Crippen LogP contribution < -0.4 is 5.32 Å². The number of aliphatic hydroxyl groups excluding tert-OH is 1. The minimum absolute atomic E-state index is 0.0205. The molecule has 5 heteroatoms. The number of fused-ring (bicyclic) bond motifs is 1. The number of aliphatic hydroxyl groups is 1. The highest BCUT2D eigenvalue weighted by molar-refractivity contribution is 5.04. The van der Waals surface area contributed by atoms with Gasteiger partial charge in [0.25, 0.3) is 0 Å². The number of likely N-dealkylation sites (N-methyl/N-ethyl adjacent to an activating group) is 1. The van der Waals surface area contributed by atoms with E-state index in [1.165, 1.54) is 12.8 Å². The standard InChI is InChI=1S/C13H23NO4/c1-14-9-8-10(16-7-6-15)12-11(9)17-13(18-12)4-2-3-5-13/h9-12,14-15H,2-8H2,1H3. The largest absolute Gasteiger partial charge is 0.394 e. The number of nitrogens with one attached hydrogen (secondary N) is 1. The fourth-order valence-corrected chi connectivity index (χ4v) is 3.57. The summed E-state index contributed by atoms with van der Waals surface area (Å²) in [4.78, 5) is 0. The first kappa shape index (κ1) is 12.8. The topological polar surface area (TPSA) is 60.0 Å². The van der Waals surface area contributed by atoms with E-state index >= 15 is 0 Å². The van der Waals surface area contributed by atoms with Crippen molar-refractivity contribution in [3.05, 3.63) is 0 Å². The van der Waals surface area contributed by atoms with Crippen LogP contribution in [-0.4, -0.2) is 55.5 Å². The molecule has 0 aromatic rings. The van der Waals surface area contributed by atoms with Crippen molar-refractivity contribution in [1.29, 1.82) is 0 Å². The Kier molecular flexibility index (Phi) is 3.60. The van der Waals surface area contributed by atoms with Crippen molar-refractivity contribution in [2.75, 3.05) is 20.3 Å². The van der Waals surface area contributed by atoms with Crippen molar-refractivity contribution < 1.29 is 19.3 Å². The lowest BCUT2D eigenvalue weighted by Gasteiger charge is -2.26. The van der Waals surface area contributed by atoms with Gasteiger partial charge in [-0.3, -0.25) is 0 Å². The van der Waals surface area contributed by atoms with Crippen molar-refractivity contribution in [1.82, 2.24) is 5.32 Å². The first-order chi connectivity index (χ1) is 8.78. The third-order valence-electron chi connectivity index (χ3n) is 4.43. The molecule has 1 heterocycles. The Morgan fingerprint density at radius 3 is 2.67 bits per heavy atom. The van der Waals surface area contributed by atoms with Crippen LogP contribution in [0.2, 0.25) is 0 Å². The zero-order valence-electron chi connectivity index (χ0n) is 10.9. The molecule has 0 aromatic carbocycles. The molecule has 1 saturated heterocycles. The molecule has 0 aromatic heterocycles. The van der Waals surface area contributed by atoms with E-state index in [0.717, 1.165) is 19.3 Å². The summed E-state index contributed by atoms with van der Waals surface area (Å²) in [7, 11) is 1.96. The zero-order valence-corrected chi connectivity index (χ0v) is 10.9. The summed E-state index contributed by atoms with van der Waals surface area (Å²) in [5.41, 5.74) is 0. The monoisotopic (exact) mass is 257 g/mol. The number of ether oxygens (including phenoxy) is 3. The van der Waals surface area contributed by atoms with E-state index in [-0.39, 0.29) is 30.7 Å². The average Bonchev–Trinajstić information content (AvgIpc) is 3.05. The van der Waals surface area contributed by atoms with Crippen LogP contribution in [0.15, 0.2) is 0 Å². The van der Waals surface area contributed by atoms with Gasteiger partial charge in [-0.2, -0.15) is 0 Å². The Bertz CT molecular complexity index is 293. The summed E-state index contributed by atoms with van der Waals surface area (Å²) < 4.78 is 18.1. The van der Waals surface area contributed by atoms with E-state index in [2.05, 4.69) is 5.32 Å². The Morgan fingerprint density at radius 1 is 1.28 bits per heavy atom. The molecule has 2 saturated carbocycles. The predicted octanol–water partition coefficient (Wildman–Crippen LogP) is 0.410. The van der Waals surface area contributed by atoms with Crippen LogP contribution in [0.1, 0.15) is 32.1 Å². The maximum atomic E-state index is 8.88. The molecular formula is C13H23NO4. The van der Waals surface area contributed by atoms with Crippen LogP contribution >= 0.6 is 0 Å². The minimum atomic E-state index is -0.342. The lowest BCUT2D eigenvalue weighted by Crippen LogP contribution is -2.38. The van der Waals surface area contributed by atoms with Crippen LogP contribution in [0.3, 0.4) is 0 Å². The normalized spacial score (nSPS) is 41.7. The highest BCUT2D eigenvalue weighted by Crippen LogP contribution is 2.47. The SMILES string of the molecule is CNC1CC(OCCO)C2OC3(CCCC3)OC12. The second-order valence-corrected chi connectivity index (χ2v) is 5.55. The van der Waals surface area contributed by atoms with Crippen molar-refractivity contribution in [2.45, 2.75) is 62.2 Å². The van der Waals surface area contributed by atoms with Gasteiger partial charge in [-0.05, 0) is 26.3 Å². The van der Waals surface area contributed by atoms with Gasteiger partial charge in [0, 0.05) is 18.9 Å². The highest BCUT2D eigenvalue weighted by Gasteiger charge is 2.57. The van der Waals surface area contributed by atoms with Gasteiger partial charge in [-0.1, -0.05) is 0 Å². The molecule has 3 rings (SSSR count). The summed E-state index contributed by atoms with van der Waals surface area (Å²) in [6.07, 6.45) is 5.43. The third kappa shape index (κ3) is 2.08. The second kappa shape index (κ2) is 5.06. The van der Waals surface area contributed by atoms with Gasteiger partial charge in [-0.25, -0.2) is 0 Å². The first-order valence-electron chi connectivity index (χ1n) is 7.03. The van der Waals surface area contributed by atoms with Gasteiger partial charge in [0.05, 0.1) is 19.3 Å². The summed E-state index contributed by atoms with van der Waals surface area (Å²) in [6, 6.07) is 0.290. The molecule has 0 amide bonds. The lowest BCUT2D eigenvalue weighted by atomic mass is 10.2. The zero-order chi connectivity index (χ0) is 12.6. The molecule has 2 aliphatic carbocycles. The van der Waals surface area contributed by atoms with Gasteiger partial charge in [0.2, 0.25) is 0 Å². The van der Waals surface area contributed by atoms with Crippen molar-refractivity contribution >= 4 is 0 Å². The van der Waals surface area contributed by atoms with Crippen molar-refractivity contribution in [3.63, 3.8) is 0 Å². The molecule has 3 aliphatic rings.